The summed E-state index contributed by atoms with van der Waals surface area (Å²) >= 11 is 0. The van der Waals surface area contributed by atoms with E-state index in [4.69, 9.17) is 9.47 Å². The molecule has 0 unspecified atom stereocenters. The number of likely N-dealkylation sites (tertiary alicyclic amines) is 1. The Morgan fingerprint density at radius 2 is 1.86 bits per heavy atom. The van der Waals surface area contributed by atoms with E-state index in [-0.39, 0.29) is 29.5 Å². The summed E-state index contributed by atoms with van der Waals surface area (Å²) in [5, 5.41) is 11.3. The van der Waals surface area contributed by atoms with Crippen molar-refractivity contribution in [3.8, 4) is 17.2 Å². The average molecular weight is 601 g/mol. The monoisotopic (exact) mass is 600 g/mol. The first-order valence-corrected chi connectivity index (χ1v) is 17.6. The van der Waals surface area contributed by atoms with Gasteiger partial charge in [-0.3, -0.25) is 9.69 Å². The van der Waals surface area contributed by atoms with Crippen LogP contribution < -0.4 is 9.47 Å². The molecule has 44 heavy (non-hydrogen) atoms. The first kappa shape index (κ1) is 30.0. The number of carbonyl (C=O) groups excluding carboxylic acids is 1. The molecule has 2 aromatic rings. The molecule has 6 heteroatoms. The van der Waals surface area contributed by atoms with Gasteiger partial charge in [0.1, 0.15) is 11.9 Å². The third-order valence-electron chi connectivity index (χ3n) is 11.8. The molecule has 2 bridgehead atoms. The molecule has 2 saturated carbocycles. The number of phenolic OH excluding ortho intramolecular Hbond substituents is 1. The van der Waals surface area contributed by atoms with Crippen LogP contribution >= 0.6 is 0 Å². The zero-order valence-electron chi connectivity index (χ0n) is 27.1. The van der Waals surface area contributed by atoms with E-state index >= 15 is 0 Å². The van der Waals surface area contributed by atoms with Crippen molar-refractivity contribution < 1.29 is 19.4 Å². The number of amides is 1. The first-order chi connectivity index (χ1) is 21.4. The first-order valence-electron chi connectivity index (χ1n) is 17.6. The normalized spacial score (nSPS) is 28.5. The van der Waals surface area contributed by atoms with Gasteiger partial charge in [0.05, 0.1) is 13.2 Å². The second-order valence-electron chi connectivity index (χ2n) is 14.7. The van der Waals surface area contributed by atoms with Crippen molar-refractivity contribution >= 4 is 5.91 Å². The summed E-state index contributed by atoms with van der Waals surface area (Å²) in [5.41, 5.74) is 3.52. The lowest BCUT2D eigenvalue weighted by Crippen LogP contribution is -2.69. The molecular weight excluding hydrogens is 548 g/mol. The summed E-state index contributed by atoms with van der Waals surface area (Å²) in [7, 11) is 1.67. The largest absolute Gasteiger partial charge is 0.508 e. The van der Waals surface area contributed by atoms with Crippen LogP contribution in [0.4, 0.5) is 0 Å². The summed E-state index contributed by atoms with van der Waals surface area (Å²) in [6.45, 7) is 6.61. The zero-order valence-corrected chi connectivity index (χ0v) is 27.1. The van der Waals surface area contributed by atoms with Crippen molar-refractivity contribution in [1.82, 2.24) is 9.80 Å². The van der Waals surface area contributed by atoms with Gasteiger partial charge in [-0.25, -0.2) is 0 Å². The summed E-state index contributed by atoms with van der Waals surface area (Å²) < 4.78 is 12.8. The molecule has 3 aliphatic carbocycles. The van der Waals surface area contributed by atoms with Gasteiger partial charge in [-0.2, -0.15) is 0 Å². The van der Waals surface area contributed by atoms with Crippen molar-refractivity contribution in [1.29, 1.82) is 0 Å². The highest BCUT2D eigenvalue weighted by Gasteiger charge is 2.67. The van der Waals surface area contributed by atoms with Crippen molar-refractivity contribution in [2.75, 3.05) is 20.2 Å². The SMILES string of the molecule is COc1cc(O)c2c3c1O[C@H]1[C@H](N(C(=O)CCCCCCCc4ccccc4)C(C)C)CC[C@H]4[C@@H](C2)N(CC2CC2)CC[C@@]341. The highest BCUT2D eigenvalue weighted by molar-refractivity contribution is 5.77. The molecule has 1 saturated heterocycles. The maximum atomic E-state index is 14.0. The molecule has 2 aromatic carbocycles. The molecule has 0 aromatic heterocycles. The van der Waals surface area contributed by atoms with Crippen LogP contribution in [0.2, 0.25) is 0 Å². The minimum absolute atomic E-state index is 0.0328. The maximum absolute atomic E-state index is 14.0. The zero-order chi connectivity index (χ0) is 30.4. The third kappa shape index (κ3) is 5.19. The van der Waals surface area contributed by atoms with Crippen LogP contribution in [-0.4, -0.2) is 65.2 Å². The summed E-state index contributed by atoms with van der Waals surface area (Å²) in [6, 6.07) is 13.1. The standard InChI is InChI=1S/C38H52N2O4/c1-25(2)40(34(42)15-11-6-4-5-8-12-26-13-9-7-10-14-26)30-19-18-29-31-22-28-32(41)23-33(43-3)36-35(28)38(29,37(30)44-36)20-21-39(31)24-27-16-17-27/h7,9-10,13-14,23,25,27,29-31,37,41H,4-6,8,11-12,15-22,24H2,1-3H3/t29-,30+,31+,37-,38-/m0/s1. The van der Waals surface area contributed by atoms with Crippen LogP contribution in [0.5, 0.6) is 17.2 Å². The summed E-state index contributed by atoms with van der Waals surface area (Å²) in [5.74, 6) is 3.42. The minimum Gasteiger partial charge on any atom is -0.508 e. The van der Waals surface area contributed by atoms with Crippen LogP contribution in [0.1, 0.15) is 101 Å². The van der Waals surface area contributed by atoms with Gasteiger partial charge >= 0.3 is 0 Å². The quantitative estimate of drug-likeness (QED) is 0.250. The van der Waals surface area contributed by atoms with Gasteiger partial charge in [-0.1, -0.05) is 49.6 Å². The number of carbonyl (C=O) groups is 1. The number of rotatable bonds is 13. The lowest BCUT2D eigenvalue weighted by Gasteiger charge is -2.61. The van der Waals surface area contributed by atoms with E-state index in [1.807, 2.05) is 0 Å². The van der Waals surface area contributed by atoms with Gasteiger partial charge < -0.3 is 19.5 Å². The maximum Gasteiger partial charge on any atom is 0.223 e. The number of hydrogen-bond acceptors (Lipinski definition) is 5. The molecule has 238 valence electrons. The Morgan fingerprint density at radius 3 is 2.61 bits per heavy atom. The second kappa shape index (κ2) is 12.2. The van der Waals surface area contributed by atoms with Crippen molar-refractivity contribution in [3.63, 3.8) is 0 Å². The molecule has 1 spiro atoms. The Kier molecular flexibility index (Phi) is 8.32. The molecule has 1 N–H and O–H groups in total. The highest BCUT2D eigenvalue weighted by Crippen LogP contribution is 2.66. The molecule has 5 aliphatic rings. The van der Waals surface area contributed by atoms with E-state index in [1.54, 1.807) is 13.2 Å². The van der Waals surface area contributed by atoms with Gasteiger partial charge in [-0.05, 0) is 95.6 Å². The predicted octanol–water partition coefficient (Wildman–Crippen LogP) is 7.04. The Hall–Kier alpha value is -2.73. The Bertz CT molecular complexity index is 1340. The highest BCUT2D eigenvalue weighted by atomic mass is 16.5. The van der Waals surface area contributed by atoms with Gasteiger partial charge in [0.2, 0.25) is 5.91 Å². The van der Waals surface area contributed by atoms with Crippen LogP contribution in [-0.2, 0) is 23.1 Å². The van der Waals surface area contributed by atoms with Gasteiger partial charge in [0.15, 0.2) is 11.5 Å². The molecule has 1 amide bonds. The number of unbranched alkanes of at least 4 members (excludes halogenated alkanes) is 4. The molecule has 3 fully saturated rings. The molecule has 5 atom stereocenters. The number of nitrogens with zero attached hydrogens (tertiary/aromatic N) is 2. The van der Waals surface area contributed by atoms with E-state index < -0.39 is 0 Å². The number of benzene rings is 2. The van der Waals surface area contributed by atoms with E-state index in [1.165, 1.54) is 49.8 Å². The number of phenols is 1. The molecular formula is C38H52N2O4. The number of hydrogen-bond donors (Lipinski definition) is 1. The molecule has 2 aliphatic heterocycles. The van der Waals surface area contributed by atoms with Crippen molar-refractivity contribution in [3.05, 3.63) is 53.1 Å². The molecule has 7 rings (SSSR count). The fourth-order valence-electron chi connectivity index (χ4n) is 9.71. The topological polar surface area (TPSA) is 62.2 Å². The molecule has 6 nitrogen and oxygen atoms in total. The van der Waals surface area contributed by atoms with Crippen molar-refractivity contribution in [2.24, 2.45) is 11.8 Å². The number of piperidine rings is 1. The lowest BCUT2D eigenvalue weighted by atomic mass is 9.50. The molecule has 0 radical (unpaired) electrons. The number of methoxy groups -OCH3 is 1. The van der Waals surface area contributed by atoms with Crippen LogP contribution in [0.15, 0.2) is 36.4 Å². The predicted molar refractivity (Wildman–Crippen MR) is 174 cm³/mol. The average Bonchev–Trinajstić information content (AvgIpc) is 3.77. The van der Waals surface area contributed by atoms with Crippen LogP contribution in [0, 0.1) is 11.8 Å². The van der Waals surface area contributed by atoms with Crippen molar-refractivity contribution in [2.45, 2.75) is 127 Å². The summed E-state index contributed by atoms with van der Waals surface area (Å²) in [6.07, 6.45) is 14.0. The van der Waals surface area contributed by atoms with E-state index in [0.29, 0.717) is 29.9 Å². The van der Waals surface area contributed by atoms with E-state index in [9.17, 15) is 9.90 Å². The van der Waals surface area contributed by atoms with Crippen LogP contribution in [0.25, 0.3) is 0 Å². The molecule has 2 heterocycles. The van der Waals surface area contributed by atoms with E-state index in [2.05, 4.69) is 54.0 Å². The lowest BCUT2D eigenvalue weighted by molar-refractivity contribution is -0.146. The number of ether oxygens (including phenoxy) is 2. The number of aromatic hydroxyl groups is 1. The summed E-state index contributed by atoms with van der Waals surface area (Å²) in [4.78, 5) is 19.0. The van der Waals surface area contributed by atoms with E-state index in [0.717, 1.165) is 68.7 Å². The Labute approximate surface area is 264 Å². The smallest absolute Gasteiger partial charge is 0.223 e. The van der Waals surface area contributed by atoms with Gasteiger partial charge in [-0.15, -0.1) is 0 Å². The minimum atomic E-state index is -0.172. The fraction of sp³-hybridized carbons (Fsp3) is 0.658. The van der Waals surface area contributed by atoms with Gasteiger partial charge in [0.25, 0.3) is 0 Å². The number of aryl methyl sites for hydroxylation is 1. The fourth-order valence-corrected chi connectivity index (χ4v) is 9.71. The van der Waals surface area contributed by atoms with Gasteiger partial charge in [0, 0.05) is 47.7 Å². The Balaban J connectivity index is 1.07. The third-order valence-corrected chi connectivity index (χ3v) is 11.8. The Morgan fingerprint density at radius 1 is 1.09 bits per heavy atom. The second-order valence-corrected chi connectivity index (χ2v) is 14.7. The van der Waals surface area contributed by atoms with Crippen LogP contribution in [0.3, 0.4) is 0 Å².